The summed E-state index contributed by atoms with van der Waals surface area (Å²) < 4.78 is 5.43. The van der Waals surface area contributed by atoms with Crippen molar-refractivity contribution in [2.24, 2.45) is 11.8 Å². The van der Waals surface area contributed by atoms with Crippen LogP contribution >= 0.6 is 15.9 Å². The first kappa shape index (κ1) is 20.0. The molecule has 0 unspecified atom stereocenters. The Hall–Kier alpha value is -2.02. The molecule has 0 saturated carbocycles. The normalized spacial score (nSPS) is 14.1. The molecular weight excluding hydrogens is 378 g/mol. The summed E-state index contributed by atoms with van der Waals surface area (Å²) in [5.74, 6) is -2.47. The molecule has 0 fully saturated rings. The van der Waals surface area contributed by atoms with Gasteiger partial charge in [0.25, 0.3) is 5.70 Å². The number of rotatable bonds is 8. The van der Waals surface area contributed by atoms with E-state index in [1.54, 1.807) is 31.2 Å². The van der Waals surface area contributed by atoms with Crippen molar-refractivity contribution in [3.05, 3.63) is 56.2 Å². The highest BCUT2D eigenvalue weighted by atomic mass is 79.9. The van der Waals surface area contributed by atoms with E-state index in [0.29, 0.717) is 16.3 Å². The molecule has 130 valence electrons. The van der Waals surface area contributed by atoms with E-state index in [0.717, 1.165) is 6.08 Å². The van der Waals surface area contributed by atoms with Gasteiger partial charge in [-0.05, 0) is 24.5 Å². The van der Waals surface area contributed by atoms with Crippen LogP contribution in [0.25, 0.3) is 0 Å². The number of allylic oxidation sites excluding steroid dienone is 1. The van der Waals surface area contributed by atoms with Crippen LogP contribution in [0.15, 0.2) is 40.5 Å². The minimum absolute atomic E-state index is 0.112. The fourth-order valence-electron chi connectivity index (χ4n) is 2.47. The number of hydrogen-bond donors (Lipinski definition) is 0. The van der Waals surface area contributed by atoms with Crippen LogP contribution in [0.5, 0.6) is 0 Å². The van der Waals surface area contributed by atoms with Crippen molar-refractivity contribution in [1.29, 1.82) is 0 Å². The third-order valence-corrected chi connectivity index (χ3v) is 4.36. The molecule has 0 bridgehead atoms. The van der Waals surface area contributed by atoms with E-state index in [2.05, 4.69) is 15.9 Å². The molecule has 0 aromatic heterocycles. The number of nitro groups is 1. The Morgan fingerprint density at radius 3 is 2.46 bits per heavy atom. The number of ether oxygens (including phenoxy) is 1. The lowest BCUT2D eigenvalue weighted by Gasteiger charge is -2.25. The molecule has 0 amide bonds. The lowest BCUT2D eigenvalue weighted by atomic mass is 9.78. The molecule has 24 heavy (non-hydrogen) atoms. The second-order valence-electron chi connectivity index (χ2n) is 5.53. The predicted molar refractivity (Wildman–Crippen MR) is 93.0 cm³/mol. The Labute approximate surface area is 149 Å². The van der Waals surface area contributed by atoms with Gasteiger partial charge in [0.1, 0.15) is 6.29 Å². The molecule has 2 atom stereocenters. The molecule has 6 nitrogen and oxygen atoms in total. The average molecular weight is 398 g/mol. The second kappa shape index (κ2) is 9.32. The molecule has 0 radical (unpaired) electrons. The predicted octanol–water partition coefficient (Wildman–Crippen LogP) is 3.73. The molecule has 0 heterocycles. The van der Waals surface area contributed by atoms with Crippen molar-refractivity contribution < 1.29 is 19.2 Å². The molecule has 0 aliphatic heterocycles. The van der Waals surface area contributed by atoms with Crippen molar-refractivity contribution in [3.8, 4) is 0 Å². The monoisotopic (exact) mass is 397 g/mol. The highest BCUT2D eigenvalue weighted by Crippen LogP contribution is 2.39. The van der Waals surface area contributed by atoms with Crippen molar-refractivity contribution in [1.82, 2.24) is 0 Å². The largest absolute Gasteiger partial charge is 0.463 e. The van der Waals surface area contributed by atoms with Crippen LogP contribution in [0, 0.1) is 22.0 Å². The summed E-state index contributed by atoms with van der Waals surface area (Å²) in [6.07, 6.45) is 1.57. The van der Waals surface area contributed by atoms with Gasteiger partial charge in [0.15, 0.2) is 0 Å². The minimum atomic E-state index is -0.863. The number of halogens is 1. The second-order valence-corrected chi connectivity index (χ2v) is 6.39. The summed E-state index contributed by atoms with van der Waals surface area (Å²) in [6, 6.07) is 6.95. The standard InChI is InChI=1S/C17H20BrNO5/c1-4-24-16(21)9-15(19(22)23)17(13(10-20)11(2)3)12-7-5-6-8-14(12)18/h5-11,13,17H,4H2,1-3H3/b15-9-/t13-,17-/m1/s1. The SMILES string of the molecule is CCOC(=O)/C=C(/[C@H](c1ccccc1Br)[C@H](C=O)C(C)C)[N+](=O)[O-]. The molecule has 0 saturated heterocycles. The molecule has 0 aliphatic carbocycles. The summed E-state index contributed by atoms with van der Waals surface area (Å²) >= 11 is 3.38. The van der Waals surface area contributed by atoms with Gasteiger partial charge in [-0.2, -0.15) is 0 Å². The Bertz CT molecular complexity index is 642. The van der Waals surface area contributed by atoms with Gasteiger partial charge in [-0.1, -0.05) is 48.0 Å². The van der Waals surface area contributed by atoms with Crippen LogP contribution in [0.2, 0.25) is 0 Å². The van der Waals surface area contributed by atoms with Gasteiger partial charge in [0.2, 0.25) is 0 Å². The van der Waals surface area contributed by atoms with E-state index >= 15 is 0 Å². The fourth-order valence-corrected chi connectivity index (χ4v) is 3.00. The first-order chi connectivity index (χ1) is 11.3. The lowest BCUT2D eigenvalue weighted by Crippen LogP contribution is -2.26. The van der Waals surface area contributed by atoms with Gasteiger partial charge in [0.05, 0.1) is 23.5 Å². The third kappa shape index (κ3) is 4.99. The Morgan fingerprint density at radius 1 is 1.38 bits per heavy atom. The maximum atomic E-state index is 11.8. The van der Waals surface area contributed by atoms with Crippen molar-refractivity contribution in [3.63, 3.8) is 0 Å². The van der Waals surface area contributed by atoms with Gasteiger partial charge in [-0.15, -0.1) is 0 Å². The van der Waals surface area contributed by atoms with Crippen molar-refractivity contribution in [2.75, 3.05) is 6.61 Å². The minimum Gasteiger partial charge on any atom is -0.463 e. The molecule has 0 N–H and O–H groups in total. The Morgan fingerprint density at radius 2 is 2.00 bits per heavy atom. The number of nitrogens with zero attached hydrogens (tertiary/aromatic N) is 1. The summed E-state index contributed by atoms with van der Waals surface area (Å²) in [6.45, 7) is 5.35. The molecule has 0 aliphatic rings. The summed E-state index contributed by atoms with van der Waals surface area (Å²) in [7, 11) is 0. The van der Waals surface area contributed by atoms with Crippen LogP contribution in [0.1, 0.15) is 32.3 Å². The summed E-state index contributed by atoms with van der Waals surface area (Å²) in [5.41, 5.74) is 0.224. The zero-order valence-electron chi connectivity index (χ0n) is 13.8. The van der Waals surface area contributed by atoms with Gasteiger partial charge in [-0.3, -0.25) is 10.1 Å². The van der Waals surface area contributed by atoms with Crippen LogP contribution in [-0.4, -0.2) is 23.8 Å². The topological polar surface area (TPSA) is 86.5 Å². The van der Waals surface area contributed by atoms with Gasteiger partial charge in [-0.25, -0.2) is 4.79 Å². The number of carbonyl (C=O) groups excluding carboxylic acids is 2. The molecule has 1 rings (SSSR count). The molecule has 1 aromatic carbocycles. The highest BCUT2D eigenvalue weighted by Gasteiger charge is 2.37. The number of aldehydes is 1. The quantitative estimate of drug-likeness (QED) is 0.219. The van der Waals surface area contributed by atoms with Crippen LogP contribution in [0.3, 0.4) is 0 Å². The zero-order chi connectivity index (χ0) is 18.3. The molecule has 0 spiro atoms. The van der Waals surface area contributed by atoms with Gasteiger partial charge >= 0.3 is 5.97 Å². The molecule has 1 aromatic rings. The van der Waals surface area contributed by atoms with E-state index in [4.69, 9.17) is 4.74 Å². The van der Waals surface area contributed by atoms with Crippen LogP contribution in [0.4, 0.5) is 0 Å². The number of hydrogen-bond acceptors (Lipinski definition) is 5. The maximum absolute atomic E-state index is 11.8. The van der Waals surface area contributed by atoms with Crippen LogP contribution < -0.4 is 0 Å². The average Bonchev–Trinajstić information content (AvgIpc) is 2.51. The Kier molecular flexibility index (Phi) is 7.78. The van der Waals surface area contributed by atoms with Crippen LogP contribution in [-0.2, 0) is 14.3 Å². The van der Waals surface area contributed by atoms with E-state index in [9.17, 15) is 19.7 Å². The van der Waals surface area contributed by atoms with Crippen molar-refractivity contribution >= 4 is 28.2 Å². The summed E-state index contributed by atoms with van der Waals surface area (Å²) in [4.78, 5) is 34.4. The number of benzene rings is 1. The Balaban J connectivity index is 3.54. The molecular formula is C17H20BrNO5. The van der Waals surface area contributed by atoms with E-state index in [-0.39, 0.29) is 18.2 Å². The molecule has 7 heteroatoms. The first-order valence-corrected chi connectivity index (χ1v) is 8.35. The maximum Gasteiger partial charge on any atom is 0.337 e. The lowest BCUT2D eigenvalue weighted by molar-refractivity contribution is -0.431. The zero-order valence-corrected chi connectivity index (χ0v) is 15.4. The number of esters is 1. The highest BCUT2D eigenvalue weighted by molar-refractivity contribution is 9.10. The van der Waals surface area contributed by atoms with E-state index < -0.39 is 22.7 Å². The van der Waals surface area contributed by atoms with E-state index in [1.165, 1.54) is 0 Å². The van der Waals surface area contributed by atoms with Crippen molar-refractivity contribution in [2.45, 2.75) is 26.7 Å². The first-order valence-electron chi connectivity index (χ1n) is 7.55. The van der Waals surface area contributed by atoms with E-state index in [1.807, 2.05) is 13.8 Å². The number of carbonyl (C=O) groups is 2. The summed E-state index contributed by atoms with van der Waals surface area (Å²) in [5, 5.41) is 11.6. The smallest absolute Gasteiger partial charge is 0.337 e. The third-order valence-electron chi connectivity index (χ3n) is 3.63. The fraction of sp³-hybridized carbons (Fsp3) is 0.412. The van der Waals surface area contributed by atoms with Gasteiger partial charge in [0, 0.05) is 10.4 Å². The van der Waals surface area contributed by atoms with Gasteiger partial charge < -0.3 is 9.53 Å².